The van der Waals surface area contributed by atoms with E-state index < -0.39 is 0 Å². The largest absolute Gasteiger partial charge is 0.356 e. The number of benzene rings is 1. The van der Waals surface area contributed by atoms with Crippen molar-refractivity contribution in [1.82, 2.24) is 10.8 Å². The van der Waals surface area contributed by atoms with Gasteiger partial charge in [-0.3, -0.25) is 14.4 Å². The molecule has 0 aromatic heterocycles. The van der Waals surface area contributed by atoms with Crippen molar-refractivity contribution in [2.75, 3.05) is 18.9 Å². The SMILES string of the molecule is CNOCc1ccc(NC(=O)CCCCCNC(=O)CCCC(C)=O)cc1. The number of hydroxylamine groups is 1. The highest BCUT2D eigenvalue weighted by Gasteiger charge is 2.04. The minimum Gasteiger partial charge on any atom is -0.356 e. The van der Waals surface area contributed by atoms with Gasteiger partial charge < -0.3 is 15.4 Å². The van der Waals surface area contributed by atoms with Crippen LogP contribution >= 0.6 is 0 Å². The second-order valence-corrected chi connectivity index (χ2v) is 6.45. The topological polar surface area (TPSA) is 96.5 Å². The van der Waals surface area contributed by atoms with Gasteiger partial charge in [-0.25, -0.2) is 5.48 Å². The fourth-order valence-electron chi connectivity index (χ4n) is 2.46. The van der Waals surface area contributed by atoms with Crippen molar-refractivity contribution in [3.63, 3.8) is 0 Å². The number of amides is 2. The zero-order valence-corrected chi connectivity index (χ0v) is 16.3. The van der Waals surface area contributed by atoms with Crippen LogP contribution in [0.15, 0.2) is 24.3 Å². The normalized spacial score (nSPS) is 10.4. The van der Waals surface area contributed by atoms with Gasteiger partial charge in [0.1, 0.15) is 5.78 Å². The third kappa shape index (κ3) is 11.9. The molecule has 0 unspecified atom stereocenters. The lowest BCUT2D eigenvalue weighted by Crippen LogP contribution is -2.24. The summed E-state index contributed by atoms with van der Waals surface area (Å²) in [5.74, 6) is 0.0832. The van der Waals surface area contributed by atoms with Crippen molar-refractivity contribution in [2.45, 2.75) is 58.5 Å². The van der Waals surface area contributed by atoms with Crippen LogP contribution in [0.2, 0.25) is 0 Å². The highest BCUT2D eigenvalue weighted by atomic mass is 16.6. The van der Waals surface area contributed by atoms with E-state index in [1.54, 1.807) is 7.05 Å². The van der Waals surface area contributed by atoms with Crippen LogP contribution in [-0.2, 0) is 25.8 Å². The number of carbonyl (C=O) groups excluding carboxylic acids is 3. The maximum absolute atomic E-state index is 11.9. The van der Waals surface area contributed by atoms with Crippen LogP contribution in [0.3, 0.4) is 0 Å². The molecular formula is C20H31N3O4. The van der Waals surface area contributed by atoms with Crippen LogP contribution < -0.4 is 16.1 Å². The number of ketones is 1. The molecule has 0 atom stereocenters. The van der Waals surface area contributed by atoms with E-state index in [1.165, 1.54) is 6.92 Å². The Morgan fingerprint density at radius 2 is 1.59 bits per heavy atom. The molecule has 2 amide bonds. The fourth-order valence-corrected chi connectivity index (χ4v) is 2.46. The van der Waals surface area contributed by atoms with E-state index in [-0.39, 0.29) is 17.6 Å². The molecule has 1 rings (SSSR count). The van der Waals surface area contributed by atoms with Gasteiger partial charge in [-0.05, 0) is 43.9 Å². The third-order valence-corrected chi connectivity index (χ3v) is 3.96. The highest BCUT2D eigenvalue weighted by Crippen LogP contribution is 2.11. The number of anilines is 1. The van der Waals surface area contributed by atoms with E-state index in [0.717, 1.165) is 30.5 Å². The van der Waals surface area contributed by atoms with E-state index in [0.29, 0.717) is 38.8 Å². The predicted molar refractivity (Wildman–Crippen MR) is 105 cm³/mol. The van der Waals surface area contributed by atoms with E-state index in [9.17, 15) is 14.4 Å². The zero-order valence-electron chi connectivity index (χ0n) is 16.3. The molecule has 150 valence electrons. The number of hydrogen-bond donors (Lipinski definition) is 3. The Morgan fingerprint density at radius 3 is 2.26 bits per heavy atom. The van der Waals surface area contributed by atoms with Gasteiger partial charge in [0.05, 0.1) is 6.61 Å². The number of rotatable bonds is 14. The molecule has 0 bridgehead atoms. The van der Waals surface area contributed by atoms with Crippen LogP contribution in [0.25, 0.3) is 0 Å². The van der Waals surface area contributed by atoms with Gasteiger partial charge in [-0.1, -0.05) is 18.6 Å². The number of carbonyl (C=O) groups is 3. The third-order valence-electron chi connectivity index (χ3n) is 3.96. The van der Waals surface area contributed by atoms with Crippen molar-refractivity contribution in [3.05, 3.63) is 29.8 Å². The lowest BCUT2D eigenvalue weighted by atomic mass is 10.1. The molecule has 0 radical (unpaired) electrons. The Bertz CT molecular complexity index is 587. The molecule has 0 spiro atoms. The monoisotopic (exact) mass is 377 g/mol. The van der Waals surface area contributed by atoms with Crippen molar-refractivity contribution in [3.8, 4) is 0 Å². The summed E-state index contributed by atoms with van der Waals surface area (Å²) < 4.78 is 0. The Morgan fingerprint density at radius 1 is 0.889 bits per heavy atom. The first-order valence-corrected chi connectivity index (χ1v) is 9.44. The molecule has 0 heterocycles. The summed E-state index contributed by atoms with van der Waals surface area (Å²) in [6.45, 7) is 2.61. The molecule has 1 aromatic rings. The molecule has 0 aliphatic heterocycles. The van der Waals surface area contributed by atoms with Crippen LogP contribution in [0.4, 0.5) is 5.69 Å². The molecular weight excluding hydrogens is 346 g/mol. The average molecular weight is 377 g/mol. The lowest BCUT2D eigenvalue weighted by molar-refractivity contribution is -0.121. The molecule has 7 heteroatoms. The molecule has 0 saturated heterocycles. The first-order chi connectivity index (χ1) is 13.0. The summed E-state index contributed by atoms with van der Waals surface area (Å²) >= 11 is 0. The van der Waals surface area contributed by atoms with Crippen LogP contribution in [0.1, 0.15) is 57.4 Å². The number of hydrogen-bond acceptors (Lipinski definition) is 5. The van der Waals surface area contributed by atoms with Gasteiger partial charge in [0.25, 0.3) is 0 Å². The number of Topliss-reactive ketones (excluding diaryl/α,β-unsaturated/α-hetero) is 1. The summed E-state index contributed by atoms with van der Waals surface area (Å²) in [6, 6.07) is 7.53. The van der Waals surface area contributed by atoms with Gasteiger partial charge in [0.2, 0.25) is 11.8 Å². The van der Waals surface area contributed by atoms with Gasteiger partial charge in [0.15, 0.2) is 0 Å². The van der Waals surface area contributed by atoms with Crippen LogP contribution in [0.5, 0.6) is 0 Å². The lowest BCUT2D eigenvalue weighted by Gasteiger charge is -2.07. The second kappa shape index (κ2) is 13.9. The Labute approximate surface area is 161 Å². The number of nitrogens with one attached hydrogen (secondary N) is 3. The molecule has 27 heavy (non-hydrogen) atoms. The van der Waals surface area contributed by atoms with E-state index in [4.69, 9.17) is 4.84 Å². The Hall–Kier alpha value is -2.25. The van der Waals surface area contributed by atoms with Gasteiger partial charge in [-0.2, -0.15) is 0 Å². The van der Waals surface area contributed by atoms with Gasteiger partial charge >= 0.3 is 0 Å². The van der Waals surface area contributed by atoms with Crippen molar-refractivity contribution in [1.29, 1.82) is 0 Å². The highest BCUT2D eigenvalue weighted by molar-refractivity contribution is 5.90. The first kappa shape index (κ1) is 22.8. The van der Waals surface area contributed by atoms with Gasteiger partial charge in [0, 0.05) is 38.5 Å². The maximum Gasteiger partial charge on any atom is 0.224 e. The zero-order chi connectivity index (χ0) is 19.9. The summed E-state index contributed by atoms with van der Waals surface area (Å²) in [6.07, 6.45) is 4.40. The first-order valence-electron chi connectivity index (χ1n) is 9.44. The van der Waals surface area contributed by atoms with Crippen LogP contribution in [0, 0.1) is 0 Å². The predicted octanol–water partition coefficient (Wildman–Crippen LogP) is 2.71. The maximum atomic E-state index is 11.9. The van der Waals surface area contributed by atoms with Crippen molar-refractivity contribution in [2.24, 2.45) is 0 Å². The molecule has 0 aliphatic carbocycles. The number of unbranched alkanes of at least 4 members (excludes halogenated alkanes) is 2. The second-order valence-electron chi connectivity index (χ2n) is 6.45. The molecule has 7 nitrogen and oxygen atoms in total. The molecule has 0 fully saturated rings. The summed E-state index contributed by atoms with van der Waals surface area (Å²) in [4.78, 5) is 39.4. The average Bonchev–Trinajstić information content (AvgIpc) is 2.63. The summed E-state index contributed by atoms with van der Waals surface area (Å²) in [5.41, 5.74) is 4.40. The molecule has 3 N–H and O–H groups in total. The summed E-state index contributed by atoms with van der Waals surface area (Å²) in [7, 11) is 1.71. The van der Waals surface area contributed by atoms with E-state index in [1.807, 2.05) is 24.3 Å². The smallest absolute Gasteiger partial charge is 0.224 e. The quantitative estimate of drug-likeness (QED) is 0.342. The van der Waals surface area contributed by atoms with Gasteiger partial charge in [-0.15, -0.1) is 0 Å². The standard InChI is InChI=1S/C20H31N3O4/c1-16(24)7-6-9-19(25)22-14-5-3-4-8-20(26)23-18-12-10-17(11-13-18)15-27-21-2/h10-13,21H,3-9,14-15H2,1-2H3,(H,22,25)(H,23,26). The molecule has 0 saturated carbocycles. The summed E-state index contributed by atoms with van der Waals surface area (Å²) in [5, 5.41) is 5.71. The van der Waals surface area contributed by atoms with E-state index in [2.05, 4.69) is 16.1 Å². The Balaban J connectivity index is 2.07. The Kier molecular flexibility index (Phi) is 11.7. The van der Waals surface area contributed by atoms with Crippen molar-refractivity contribution >= 4 is 23.3 Å². The minimum absolute atomic E-state index is 0.0116. The fraction of sp³-hybridized carbons (Fsp3) is 0.550. The van der Waals surface area contributed by atoms with Crippen LogP contribution in [-0.4, -0.2) is 31.2 Å². The molecule has 0 aliphatic rings. The van der Waals surface area contributed by atoms with Crippen molar-refractivity contribution < 1.29 is 19.2 Å². The minimum atomic E-state index is -0.0162. The van der Waals surface area contributed by atoms with E-state index >= 15 is 0 Å². The molecule has 1 aromatic carbocycles.